The van der Waals surface area contributed by atoms with Crippen molar-refractivity contribution in [1.29, 1.82) is 0 Å². The summed E-state index contributed by atoms with van der Waals surface area (Å²) in [6.45, 7) is 5.00. The molecular formula is C9H10BrF3Mg. The zero-order valence-corrected chi connectivity index (χ0v) is 10.8. The Morgan fingerprint density at radius 1 is 1.00 bits per heavy atom. The third-order valence-electron chi connectivity index (χ3n) is 1.10. The van der Waals surface area contributed by atoms with Crippen LogP contribution in [0.2, 0.25) is 0 Å². The number of hydrogen-bond donors (Lipinski definition) is 0. The van der Waals surface area contributed by atoms with Crippen LogP contribution in [-0.2, 0) is 6.18 Å². The maximum absolute atomic E-state index is 11.8. The van der Waals surface area contributed by atoms with Gasteiger partial charge in [0.1, 0.15) is 0 Å². The van der Waals surface area contributed by atoms with Gasteiger partial charge in [-0.2, -0.15) is 20.1 Å². The first-order valence-electron chi connectivity index (χ1n) is 3.43. The van der Waals surface area contributed by atoms with Crippen LogP contribution >= 0.6 is 0 Å². The molecular weight excluding hydrogens is 269 g/mol. The Labute approximate surface area is 109 Å². The fraction of sp³-hybridized carbons (Fsp3) is 0.222. The molecule has 0 unspecified atom stereocenters. The number of benzene rings is 1. The van der Waals surface area contributed by atoms with Crippen LogP contribution in [0.3, 0.4) is 0 Å². The topological polar surface area (TPSA) is 0 Å². The minimum absolute atomic E-state index is 0. The summed E-state index contributed by atoms with van der Waals surface area (Å²) < 4.78 is 35.4. The fourth-order valence-corrected chi connectivity index (χ4v) is 0.627. The molecule has 0 nitrogen and oxygen atoms in total. The third-order valence-corrected chi connectivity index (χ3v) is 1.10. The molecule has 0 aromatic heterocycles. The van der Waals surface area contributed by atoms with Gasteiger partial charge in [-0.25, -0.2) is 0 Å². The second-order valence-corrected chi connectivity index (χ2v) is 1.86. The molecule has 0 radical (unpaired) electrons. The molecule has 0 heterocycles. The van der Waals surface area contributed by atoms with Gasteiger partial charge in [0.15, 0.2) is 0 Å². The molecule has 0 fully saturated rings. The average Bonchev–Trinajstić information content (AvgIpc) is 2.08. The molecule has 0 aliphatic rings. The van der Waals surface area contributed by atoms with Crippen molar-refractivity contribution in [2.75, 3.05) is 0 Å². The van der Waals surface area contributed by atoms with Crippen LogP contribution in [0, 0.1) is 6.92 Å². The normalized spacial score (nSPS) is 8.64. The van der Waals surface area contributed by atoms with Crippen LogP contribution in [-0.4, -0.2) is 23.1 Å². The SMILES string of the molecule is FC(F)(F)c1ccccc1.[Br-].[CH2-]C.[Mg+2]. The van der Waals surface area contributed by atoms with Gasteiger partial charge in [0, 0.05) is 0 Å². The predicted molar refractivity (Wildman–Crippen MR) is 48.2 cm³/mol. The minimum atomic E-state index is -4.21. The van der Waals surface area contributed by atoms with Crippen molar-refractivity contribution in [3.05, 3.63) is 42.8 Å². The molecule has 0 saturated carbocycles. The van der Waals surface area contributed by atoms with Gasteiger partial charge in [-0.1, -0.05) is 30.3 Å². The largest absolute Gasteiger partial charge is 2.00 e. The van der Waals surface area contributed by atoms with Crippen molar-refractivity contribution >= 4 is 23.1 Å². The van der Waals surface area contributed by atoms with Crippen LogP contribution < -0.4 is 17.0 Å². The van der Waals surface area contributed by atoms with E-state index in [0.29, 0.717) is 0 Å². The van der Waals surface area contributed by atoms with Crippen LogP contribution in [0.4, 0.5) is 13.2 Å². The molecule has 14 heavy (non-hydrogen) atoms. The van der Waals surface area contributed by atoms with Gasteiger partial charge >= 0.3 is 29.2 Å². The zero-order chi connectivity index (χ0) is 9.61. The van der Waals surface area contributed by atoms with Crippen molar-refractivity contribution in [3.8, 4) is 0 Å². The molecule has 5 heteroatoms. The summed E-state index contributed by atoms with van der Waals surface area (Å²) in [5.74, 6) is 0. The van der Waals surface area contributed by atoms with Gasteiger partial charge < -0.3 is 23.9 Å². The molecule has 0 bridgehead atoms. The molecule has 0 aliphatic heterocycles. The first kappa shape index (κ1) is 19.8. The minimum Gasteiger partial charge on any atom is -1.00 e. The second-order valence-electron chi connectivity index (χ2n) is 1.86. The van der Waals surface area contributed by atoms with Gasteiger partial charge in [-0.3, -0.25) is 0 Å². The van der Waals surface area contributed by atoms with E-state index in [4.69, 9.17) is 0 Å². The quantitative estimate of drug-likeness (QED) is 0.469. The van der Waals surface area contributed by atoms with Gasteiger partial charge in [-0.15, -0.1) is 0 Å². The summed E-state index contributed by atoms with van der Waals surface area (Å²) in [6, 6.07) is 6.36. The maximum Gasteiger partial charge on any atom is 2.00 e. The smallest absolute Gasteiger partial charge is 1.00 e. The predicted octanol–water partition coefficient (Wildman–Crippen LogP) is 0.169. The Morgan fingerprint density at radius 3 is 1.57 bits per heavy atom. The summed E-state index contributed by atoms with van der Waals surface area (Å²) in [4.78, 5) is 0. The maximum atomic E-state index is 11.8. The van der Waals surface area contributed by atoms with Crippen LogP contribution in [0.15, 0.2) is 30.3 Å². The fourth-order valence-electron chi connectivity index (χ4n) is 0.627. The zero-order valence-electron chi connectivity index (χ0n) is 7.81. The van der Waals surface area contributed by atoms with E-state index in [2.05, 4.69) is 6.92 Å². The van der Waals surface area contributed by atoms with E-state index in [1.54, 1.807) is 13.0 Å². The molecule has 1 aromatic rings. The van der Waals surface area contributed by atoms with Crippen molar-refractivity contribution < 1.29 is 30.2 Å². The van der Waals surface area contributed by atoms with E-state index >= 15 is 0 Å². The molecule has 0 N–H and O–H groups in total. The van der Waals surface area contributed by atoms with Crippen LogP contribution in [0.25, 0.3) is 0 Å². The average molecular weight is 279 g/mol. The summed E-state index contributed by atoms with van der Waals surface area (Å²) in [6.07, 6.45) is -4.21. The van der Waals surface area contributed by atoms with Crippen molar-refractivity contribution in [3.63, 3.8) is 0 Å². The van der Waals surface area contributed by atoms with Gasteiger partial charge in [-0.05, 0) is 0 Å². The Morgan fingerprint density at radius 2 is 1.36 bits per heavy atom. The van der Waals surface area contributed by atoms with Crippen molar-refractivity contribution in [2.24, 2.45) is 0 Å². The molecule has 0 amide bonds. The summed E-state index contributed by atoms with van der Waals surface area (Å²) >= 11 is 0. The third kappa shape index (κ3) is 7.64. The first-order valence-corrected chi connectivity index (χ1v) is 3.43. The number of alkyl halides is 3. The molecule has 76 valence electrons. The number of halogens is 4. The summed E-state index contributed by atoms with van der Waals surface area (Å²) in [7, 11) is 0. The van der Waals surface area contributed by atoms with Crippen LogP contribution in [0.1, 0.15) is 12.5 Å². The van der Waals surface area contributed by atoms with Gasteiger partial charge in [0.25, 0.3) is 0 Å². The first-order chi connectivity index (χ1) is 5.61. The van der Waals surface area contributed by atoms with E-state index in [9.17, 15) is 13.2 Å². The Hall–Kier alpha value is 0.256. The van der Waals surface area contributed by atoms with Gasteiger partial charge in [0.2, 0.25) is 0 Å². The molecule has 0 saturated heterocycles. The summed E-state index contributed by atoms with van der Waals surface area (Å²) in [5, 5.41) is 0. The van der Waals surface area contributed by atoms with Gasteiger partial charge in [0.05, 0.1) is 5.56 Å². The molecule has 1 rings (SSSR count). The Balaban J connectivity index is -0.000000284. The monoisotopic (exact) mass is 278 g/mol. The molecule has 0 aliphatic carbocycles. The second kappa shape index (κ2) is 9.80. The number of hydrogen-bond acceptors (Lipinski definition) is 0. The van der Waals surface area contributed by atoms with E-state index in [1.165, 1.54) is 12.1 Å². The van der Waals surface area contributed by atoms with E-state index in [0.717, 1.165) is 12.1 Å². The number of rotatable bonds is 0. The standard InChI is InChI=1S/C7H5F3.C2H5.BrH.Mg/c8-7(9,10)6-4-2-1-3-5-6;1-2;;/h1-5H;1H2,2H3;1H;/q;-1;;+2/p-1. The van der Waals surface area contributed by atoms with Crippen molar-refractivity contribution in [1.82, 2.24) is 0 Å². The van der Waals surface area contributed by atoms with E-state index in [-0.39, 0.29) is 40.0 Å². The summed E-state index contributed by atoms with van der Waals surface area (Å²) in [5.41, 5.74) is -0.602. The van der Waals surface area contributed by atoms with Crippen LogP contribution in [0.5, 0.6) is 0 Å². The molecule has 0 atom stereocenters. The Bertz CT molecular complexity index is 211. The molecule has 1 aromatic carbocycles. The molecule has 0 spiro atoms. The van der Waals surface area contributed by atoms with E-state index < -0.39 is 11.7 Å². The Kier molecular flexibility index (Phi) is 13.8. The van der Waals surface area contributed by atoms with Crippen molar-refractivity contribution in [2.45, 2.75) is 13.1 Å². The van der Waals surface area contributed by atoms with E-state index in [1.807, 2.05) is 0 Å².